The molecule has 0 spiro atoms. The minimum absolute atomic E-state index is 0.00949. The van der Waals surface area contributed by atoms with Gasteiger partial charge in [0.25, 0.3) is 0 Å². The van der Waals surface area contributed by atoms with E-state index in [1.165, 1.54) is 0 Å². The first-order valence-electron chi connectivity index (χ1n) is 9.56. The molecular formula is C20H30N4O3. The van der Waals surface area contributed by atoms with Crippen molar-refractivity contribution in [2.45, 2.75) is 52.1 Å². The smallest absolute Gasteiger partial charge is 0.239 e. The van der Waals surface area contributed by atoms with Crippen LogP contribution in [0.2, 0.25) is 0 Å². The molecule has 2 rings (SSSR count). The number of carbonyl (C=O) groups excluding carboxylic acids is 3. The zero-order valence-corrected chi connectivity index (χ0v) is 16.1. The van der Waals surface area contributed by atoms with Crippen molar-refractivity contribution in [1.29, 1.82) is 0 Å². The normalized spacial score (nSPS) is 15.4. The molecule has 3 amide bonds. The number of anilines is 1. The Morgan fingerprint density at radius 1 is 1.15 bits per heavy atom. The summed E-state index contributed by atoms with van der Waals surface area (Å²) in [6.07, 6.45) is 4.13. The van der Waals surface area contributed by atoms with Crippen molar-refractivity contribution >= 4 is 23.4 Å². The van der Waals surface area contributed by atoms with E-state index in [1.54, 1.807) is 0 Å². The molecule has 1 aromatic carbocycles. The lowest BCUT2D eigenvalue weighted by Gasteiger charge is -2.15. The third kappa shape index (κ3) is 6.67. The van der Waals surface area contributed by atoms with Gasteiger partial charge < -0.3 is 21.7 Å². The van der Waals surface area contributed by atoms with Gasteiger partial charge in [-0.25, -0.2) is 0 Å². The Labute approximate surface area is 160 Å². The van der Waals surface area contributed by atoms with Gasteiger partial charge in [-0.2, -0.15) is 0 Å². The van der Waals surface area contributed by atoms with Crippen LogP contribution >= 0.6 is 0 Å². The van der Waals surface area contributed by atoms with Gasteiger partial charge in [-0.15, -0.1) is 0 Å². The van der Waals surface area contributed by atoms with Crippen molar-refractivity contribution in [3.63, 3.8) is 0 Å². The van der Waals surface area contributed by atoms with Crippen molar-refractivity contribution in [2.24, 2.45) is 17.6 Å². The summed E-state index contributed by atoms with van der Waals surface area (Å²) < 4.78 is 0. The highest BCUT2D eigenvalue weighted by Gasteiger charge is 2.22. The van der Waals surface area contributed by atoms with E-state index >= 15 is 0 Å². The number of rotatable bonds is 8. The Kier molecular flexibility index (Phi) is 7.79. The van der Waals surface area contributed by atoms with Crippen molar-refractivity contribution < 1.29 is 14.4 Å². The van der Waals surface area contributed by atoms with E-state index < -0.39 is 6.04 Å². The van der Waals surface area contributed by atoms with Gasteiger partial charge in [0.2, 0.25) is 17.7 Å². The number of carbonyl (C=O) groups is 3. The van der Waals surface area contributed by atoms with Gasteiger partial charge in [-0.3, -0.25) is 14.4 Å². The van der Waals surface area contributed by atoms with E-state index in [-0.39, 0.29) is 36.1 Å². The molecule has 7 heteroatoms. The third-order valence-electron chi connectivity index (χ3n) is 4.85. The first-order valence-corrected chi connectivity index (χ1v) is 9.56. The quantitative estimate of drug-likeness (QED) is 0.552. The molecule has 148 valence electrons. The molecule has 27 heavy (non-hydrogen) atoms. The van der Waals surface area contributed by atoms with Gasteiger partial charge in [0.05, 0.1) is 12.6 Å². The Bertz CT molecular complexity index is 669. The lowest BCUT2D eigenvalue weighted by atomic mass is 10.1. The molecular weight excluding hydrogens is 344 g/mol. The topological polar surface area (TPSA) is 113 Å². The molecule has 1 saturated carbocycles. The highest BCUT2D eigenvalue weighted by atomic mass is 16.2. The lowest BCUT2D eigenvalue weighted by Crippen LogP contribution is -2.47. The molecule has 5 N–H and O–H groups in total. The van der Waals surface area contributed by atoms with Crippen LogP contribution in [-0.4, -0.2) is 30.3 Å². The molecule has 0 unspecified atom stereocenters. The SMILES string of the molecule is CC(C)[C@H](N)C(=O)NCC(=O)NCc1cccc(NC(=O)C2CCCC2)c1. The second kappa shape index (κ2) is 10.1. The summed E-state index contributed by atoms with van der Waals surface area (Å²) in [7, 11) is 0. The van der Waals surface area contributed by atoms with E-state index in [0.29, 0.717) is 6.54 Å². The maximum atomic E-state index is 12.2. The number of nitrogens with two attached hydrogens (primary N) is 1. The van der Waals surface area contributed by atoms with Crippen molar-refractivity contribution in [2.75, 3.05) is 11.9 Å². The van der Waals surface area contributed by atoms with Gasteiger partial charge in [0.15, 0.2) is 0 Å². The Hall–Kier alpha value is -2.41. The largest absolute Gasteiger partial charge is 0.350 e. The summed E-state index contributed by atoms with van der Waals surface area (Å²) in [6.45, 7) is 3.90. The zero-order valence-electron chi connectivity index (χ0n) is 16.1. The average molecular weight is 374 g/mol. The summed E-state index contributed by atoms with van der Waals surface area (Å²) >= 11 is 0. The van der Waals surface area contributed by atoms with Crippen LogP contribution < -0.4 is 21.7 Å². The minimum atomic E-state index is -0.627. The minimum Gasteiger partial charge on any atom is -0.350 e. The van der Waals surface area contributed by atoms with Gasteiger partial charge >= 0.3 is 0 Å². The van der Waals surface area contributed by atoms with Crippen molar-refractivity contribution in [1.82, 2.24) is 10.6 Å². The van der Waals surface area contributed by atoms with Crippen LogP contribution in [0.5, 0.6) is 0 Å². The van der Waals surface area contributed by atoms with E-state index in [9.17, 15) is 14.4 Å². The molecule has 1 aromatic rings. The molecule has 1 aliphatic rings. The number of hydrogen-bond acceptors (Lipinski definition) is 4. The molecule has 0 aromatic heterocycles. The summed E-state index contributed by atoms with van der Waals surface area (Å²) in [5.41, 5.74) is 7.34. The molecule has 1 atom stereocenters. The summed E-state index contributed by atoms with van der Waals surface area (Å²) in [5.74, 6) is -0.446. The highest BCUT2D eigenvalue weighted by molar-refractivity contribution is 5.92. The fourth-order valence-electron chi connectivity index (χ4n) is 3.04. The standard InChI is InChI=1S/C20H30N4O3/c1-13(2)18(21)20(27)23-12-17(25)22-11-14-6-5-9-16(10-14)24-19(26)15-7-3-4-8-15/h5-6,9-10,13,15,18H,3-4,7-8,11-12,21H2,1-2H3,(H,22,25)(H,23,27)(H,24,26)/t18-/m0/s1. The van der Waals surface area contributed by atoms with Crippen LogP contribution in [-0.2, 0) is 20.9 Å². The summed E-state index contributed by atoms with van der Waals surface area (Å²) in [5, 5.41) is 8.24. The predicted molar refractivity (Wildman–Crippen MR) is 105 cm³/mol. The van der Waals surface area contributed by atoms with Crippen LogP contribution in [0.4, 0.5) is 5.69 Å². The van der Waals surface area contributed by atoms with Crippen molar-refractivity contribution in [3.8, 4) is 0 Å². The Morgan fingerprint density at radius 3 is 2.52 bits per heavy atom. The van der Waals surface area contributed by atoms with Crippen LogP contribution in [0, 0.1) is 11.8 Å². The third-order valence-corrected chi connectivity index (χ3v) is 4.85. The molecule has 0 heterocycles. The van der Waals surface area contributed by atoms with E-state index in [1.807, 2.05) is 38.1 Å². The Balaban J connectivity index is 1.77. The van der Waals surface area contributed by atoms with Gasteiger partial charge in [-0.05, 0) is 36.5 Å². The summed E-state index contributed by atoms with van der Waals surface area (Å²) in [6, 6.07) is 6.78. The fourth-order valence-corrected chi connectivity index (χ4v) is 3.04. The molecule has 1 fully saturated rings. The molecule has 0 aliphatic heterocycles. The monoisotopic (exact) mass is 374 g/mol. The highest BCUT2D eigenvalue weighted by Crippen LogP contribution is 2.26. The van der Waals surface area contributed by atoms with Gasteiger partial charge in [0, 0.05) is 18.2 Å². The van der Waals surface area contributed by atoms with Crippen molar-refractivity contribution in [3.05, 3.63) is 29.8 Å². The van der Waals surface area contributed by atoms with E-state index in [4.69, 9.17) is 5.73 Å². The van der Waals surface area contributed by atoms with Gasteiger partial charge in [-0.1, -0.05) is 38.8 Å². The maximum absolute atomic E-state index is 12.2. The second-order valence-corrected chi connectivity index (χ2v) is 7.44. The number of hydrogen-bond donors (Lipinski definition) is 4. The fraction of sp³-hybridized carbons (Fsp3) is 0.550. The first kappa shape index (κ1) is 20.9. The average Bonchev–Trinajstić information content (AvgIpc) is 3.19. The predicted octanol–water partition coefficient (Wildman–Crippen LogP) is 1.53. The van der Waals surface area contributed by atoms with Gasteiger partial charge in [0.1, 0.15) is 0 Å². The van der Waals surface area contributed by atoms with E-state index in [2.05, 4.69) is 16.0 Å². The molecule has 1 aliphatic carbocycles. The number of amides is 3. The molecule has 7 nitrogen and oxygen atoms in total. The maximum Gasteiger partial charge on any atom is 0.239 e. The molecule has 0 bridgehead atoms. The van der Waals surface area contributed by atoms with E-state index in [0.717, 1.165) is 36.9 Å². The zero-order chi connectivity index (χ0) is 19.8. The second-order valence-electron chi connectivity index (χ2n) is 7.44. The van der Waals surface area contributed by atoms with Crippen LogP contribution in [0.1, 0.15) is 45.1 Å². The van der Waals surface area contributed by atoms with Crippen LogP contribution in [0.15, 0.2) is 24.3 Å². The Morgan fingerprint density at radius 2 is 1.85 bits per heavy atom. The summed E-state index contributed by atoms with van der Waals surface area (Å²) in [4.78, 5) is 35.9. The number of benzene rings is 1. The van der Waals surface area contributed by atoms with Crippen LogP contribution in [0.3, 0.4) is 0 Å². The van der Waals surface area contributed by atoms with Crippen LogP contribution in [0.25, 0.3) is 0 Å². The lowest BCUT2D eigenvalue weighted by molar-refractivity contribution is -0.127. The number of nitrogens with one attached hydrogen (secondary N) is 3. The molecule has 0 saturated heterocycles. The molecule has 0 radical (unpaired) electrons. The first-order chi connectivity index (χ1) is 12.9.